The van der Waals surface area contributed by atoms with Crippen molar-refractivity contribution in [2.75, 3.05) is 39.5 Å². The second-order valence-corrected chi connectivity index (χ2v) is 8.36. The summed E-state index contributed by atoms with van der Waals surface area (Å²) in [5, 5.41) is 1.12. The summed E-state index contributed by atoms with van der Waals surface area (Å²) in [7, 11) is -3.57. The highest BCUT2D eigenvalue weighted by molar-refractivity contribution is 7.94. The van der Waals surface area contributed by atoms with E-state index in [2.05, 4.69) is 4.90 Å². The Kier molecular flexibility index (Phi) is 7.19. The van der Waals surface area contributed by atoms with E-state index in [-0.39, 0.29) is 10.7 Å². The Balaban J connectivity index is 1.50. The number of hydrogen-bond acceptors (Lipinski definition) is 5. The van der Waals surface area contributed by atoms with Crippen LogP contribution in [0.3, 0.4) is 0 Å². The number of sulfone groups is 1. The second kappa shape index (κ2) is 9.82. The molecule has 0 aromatic heterocycles. The van der Waals surface area contributed by atoms with Crippen LogP contribution in [0, 0.1) is 5.82 Å². The third kappa shape index (κ3) is 6.15. The molecule has 2 aromatic carbocycles. The fourth-order valence-electron chi connectivity index (χ4n) is 2.85. The number of ether oxygens (including phenoxy) is 2. The minimum Gasteiger partial charge on any atom is -0.494 e. The van der Waals surface area contributed by atoms with Gasteiger partial charge in [-0.2, -0.15) is 0 Å². The Hall–Kier alpha value is -2.22. The summed E-state index contributed by atoms with van der Waals surface area (Å²) in [5.41, 5.74) is 0.616. The van der Waals surface area contributed by atoms with Gasteiger partial charge in [0.1, 0.15) is 11.6 Å². The van der Waals surface area contributed by atoms with Crippen molar-refractivity contribution in [3.8, 4) is 5.75 Å². The predicted molar refractivity (Wildman–Crippen MR) is 106 cm³/mol. The molecule has 3 rings (SSSR count). The minimum absolute atomic E-state index is 0.187. The lowest BCUT2D eigenvalue weighted by atomic mass is 10.2. The van der Waals surface area contributed by atoms with Crippen LogP contribution < -0.4 is 4.74 Å². The molecule has 0 bridgehead atoms. The lowest BCUT2D eigenvalue weighted by Crippen LogP contribution is -2.37. The van der Waals surface area contributed by atoms with Crippen LogP contribution in [0.5, 0.6) is 5.75 Å². The van der Waals surface area contributed by atoms with E-state index in [1.54, 1.807) is 12.1 Å². The Morgan fingerprint density at radius 1 is 1.04 bits per heavy atom. The van der Waals surface area contributed by atoms with Crippen LogP contribution in [0.4, 0.5) is 4.39 Å². The first-order valence-electron chi connectivity index (χ1n) is 9.25. The third-order valence-electron chi connectivity index (χ3n) is 4.45. The van der Waals surface area contributed by atoms with Crippen LogP contribution in [0.2, 0.25) is 0 Å². The summed E-state index contributed by atoms with van der Waals surface area (Å²) < 4.78 is 48.7. The van der Waals surface area contributed by atoms with Crippen LogP contribution in [0.15, 0.2) is 58.8 Å². The van der Waals surface area contributed by atoms with Gasteiger partial charge in [0.2, 0.25) is 0 Å². The van der Waals surface area contributed by atoms with Gasteiger partial charge in [0.15, 0.2) is 9.84 Å². The highest BCUT2D eigenvalue weighted by Crippen LogP contribution is 2.19. The normalized spacial score (nSPS) is 15.8. The van der Waals surface area contributed by atoms with Crippen molar-refractivity contribution in [1.29, 1.82) is 0 Å². The van der Waals surface area contributed by atoms with Gasteiger partial charge in [-0.15, -0.1) is 0 Å². The molecule has 0 saturated carbocycles. The summed E-state index contributed by atoms with van der Waals surface area (Å²) in [6.07, 6.45) is 2.35. The zero-order chi connectivity index (χ0) is 19.8. The van der Waals surface area contributed by atoms with Gasteiger partial charge in [0.25, 0.3) is 0 Å². The Bertz CT molecular complexity index is 874. The molecular weight excluding hydrogens is 381 g/mol. The smallest absolute Gasteiger partial charge is 0.199 e. The third-order valence-corrected chi connectivity index (χ3v) is 5.88. The predicted octanol–water partition coefficient (Wildman–Crippen LogP) is 3.37. The van der Waals surface area contributed by atoms with E-state index in [9.17, 15) is 12.8 Å². The topological polar surface area (TPSA) is 55.8 Å². The summed E-state index contributed by atoms with van der Waals surface area (Å²) in [5.74, 6) is 0.281. The quantitative estimate of drug-likeness (QED) is 0.631. The number of hydrogen-bond donors (Lipinski definition) is 0. The zero-order valence-electron chi connectivity index (χ0n) is 15.6. The SMILES string of the molecule is O=S(=O)(C=Cc1ccc(F)cc1)c1ccc(OCCCN2CCOCC2)cc1. The van der Waals surface area contributed by atoms with Crippen molar-refractivity contribution in [3.05, 3.63) is 65.3 Å². The minimum atomic E-state index is -3.57. The van der Waals surface area contributed by atoms with Crippen molar-refractivity contribution in [2.45, 2.75) is 11.3 Å². The molecule has 28 heavy (non-hydrogen) atoms. The molecule has 0 N–H and O–H groups in total. The lowest BCUT2D eigenvalue weighted by Gasteiger charge is -2.26. The van der Waals surface area contributed by atoms with E-state index in [0.717, 1.165) is 44.7 Å². The number of nitrogens with zero attached hydrogens (tertiary/aromatic N) is 1. The molecule has 1 saturated heterocycles. The molecule has 0 spiro atoms. The molecule has 2 aromatic rings. The Morgan fingerprint density at radius 2 is 1.71 bits per heavy atom. The van der Waals surface area contributed by atoms with Gasteiger partial charge in [-0.3, -0.25) is 4.90 Å². The van der Waals surface area contributed by atoms with Crippen LogP contribution in [0.1, 0.15) is 12.0 Å². The fourth-order valence-corrected chi connectivity index (χ4v) is 3.86. The van der Waals surface area contributed by atoms with Gasteiger partial charge >= 0.3 is 0 Å². The average molecular weight is 405 g/mol. The van der Waals surface area contributed by atoms with Crippen LogP contribution in [-0.4, -0.2) is 52.8 Å². The van der Waals surface area contributed by atoms with E-state index in [0.29, 0.717) is 17.9 Å². The number of halogens is 1. The molecule has 1 aliphatic rings. The highest BCUT2D eigenvalue weighted by Gasteiger charge is 2.11. The van der Waals surface area contributed by atoms with Gasteiger partial charge in [0.05, 0.1) is 24.7 Å². The first-order valence-corrected chi connectivity index (χ1v) is 10.8. The van der Waals surface area contributed by atoms with E-state index < -0.39 is 9.84 Å². The van der Waals surface area contributed by atoms with Crippen LogP contribution in [0.25, 0.3) is 6.08 Å². The molecular formula is C21H24FNO4S. The molecule has 0 unspecified atom stereocenters. The largest absolute Gasteiger partial charge is 0.494 e. The van der Waals surface area contributed by atoms with E-state index in [4.69, 9.17) is 9.47 Å². The van der Waals surface area contributed by atoms with Crippen molar-refractivity contribution in [3.63, 3.8) is 0 Å². The maximum Gasteiger partial charge on any atom is 0.199 e. The van der Waals surface area contributed by atoms with Crippen molar-refractivity contribution in [1.82, 2.24) is 4.90 Å². The van der Waals surface area contributed by atoms with E-state index in [1.807, 2.05) is 0 Å². The van der Waals surface area contributed by atoms with Gasteiger partial charge < -0.3 is 9.47 Å². The van der Waals surface area contributed by atoms with Crippen molar-refractivity contribution < 1.29 is 22.3 Å². The monoisotopic (exact) mass is 405 g/mol. The Morgan fingerprint density at radius 3 is 2.39 bits per heavy atom. The molecule has 0 radical (unpaired) electrons. The molecule has 0 aliphatic carbocycles. The summed E-state index contributed by atoms with van der Waals surface area (Å²) in [6.45, 7) is 5.02. The van der Waals surface area contributed by atoms with Crippen LogP contribution in [-0.2, 0) is 14.6 Å². The number of morpholine rings is 1. The zero-order valence-corrected chi connectivity index (χ0v) is 16.4. The van der Waals surface area contributed by atoms with Gasteiger partial charge in [-0.1, -0.05) is 12.1 Å². The number of rotatable bonds is 8. The highest BCUT2D eigenvalue weighted by atomic mass is 32.2. The molecule has 0 atom stereocenters. The van der Waals surface area contributed by atoms with E-state index >= 15 is 0 Å². The maximum absolute atomic E-state index is 12.9. The second-order valence-electron chi connectivity index (χ2n) is 6.53. The first-order chi connectivity index (χ1) is 13.5. The molecule has 5 nitrogen and oxygen atoms in total. The van der Waals surface area contributed by atoms with Gasteiger partial charge in [-0.25, -0.2) is 12.8 Å². The maximum atomic E-state index is 12.9. The van der Waals surface area contributed by atoms with Crippen LogP contribution >= 0.6 is 0 Å². The van der Waals surface area contributed by atoms with Gasteiger partial charge in [0, 0.05) is 25.0 Å². The van der Waals surface area contributed by atoms with Crippen molar-refractivity contribution >= 4 is 15.9 Å². The summed E-state index contributed by atoms with van der Waals surface area (Å²) in [4.78, 5) is 2.53. The fraction of sp³-hybridized carbons (Fsp3) is 0.333. The summed E-state index contributed by atoms with van der Waals surface area (Å²) >= 11 is 0. The number of benzene rings is 2. The van der Waals surface area contributed by atoms with Crippen molar-refractivity contribution in [2.24, 2.45) is 0 Å². The molecule has 0 amide bonds. The Labute approximate surface area is 165 Å². The molecule has 7 heteroatoms. The van der Waals surface area contributed by atoms with Gasteiger partial charge in [-0.05, 0) is 54.5 Å². The lowest BCUT2D eigenvalue weighted by molar-refractivity contribution is 0.0358. The molecule has 1 fully saturated rings. The molecule has 1 heterocycles. The standard InChI is InChI=1S/C21H24FNO4S/c22-19-4-2-18(3-5-19)10-17-28(24,25)21-8-6-20(7-9-21)27-14-1-11-23-12-15-26-16-13-23/h2-10,17H,1,11-16H2. The summed E-state index contributed by atoms with van der Waals surface area (Å²) in [6, 6.07) is 12.0. The molecule has 150 valence electrons. The first kappa shape index (κ1) is 20.5. The average Bonchev–Trinajstić information content (AvgIpc) is 2.72. The van der Waals surface area contributed by atoms with E-state index in [1.165, 1.54) is 42.5 Å². The molecule has 1 aliphatic heterocycles.